The quantitative estimate of drug-likeness (QED) is 0.233. The van der Waals surface area contributed by atoms with Gasteiger partial charge in [0.25, 0.3) is 0 Å². The second-order valence-electron chi connectivity index (χ2n) is 7.93. The molecular formula is C28H25N3S2. The maximum atomic E-state index is 5.62. The molecule has 0 aliphatic carbocycles. The van der Waals surface area contributed by atoms with Crippen LogP contribution in [0.5, 0.6) is 0 Å². The van der Waals surface area contributed by atoms with Gasteiger partial charge in [-0.05, 0) is 46.4 Å². The van der Waals surface area contributed by atoms with E-state index >= 15 is 0 Å². The molecule has 0 saturated carbocycles. The summed E-state index contributed by atoms with van der Waals surface area (Å²) in [5, 5.41) is 10.8. The zero-order valence-corrected chi connectivity index (χ0v) is 19.8. The highest BCUT2D eigenvalue weighted by Crippen LogP contribution is 2.38. The van der Waals surface area contributed by atoms with Gasteiger partial charge in [-0.1, -0.05) is 84.9 Å². The van der Waals surface area contributed by atoms with E-state index in [4.69, 9.17) is 12.2 Å². The Bertz CT molecular complexity index is 1330. The molecule has 164 valence electrons. The Kier molecular flexibility index (Phi) is 6.51. The number of thiocarbonyl (C=S) groups is 1. The van der Waals surface area contributed by atoms with Crippen molar-refractivity contribution in [1.82, 2.24) is 15.6 Å². The summed E-state index contributed by atoms with van der Waals surface area (Å²) < 4.78 is 0. The van der Waals surface area contributed by atoms with Crippen LogP contribution in [0.2, 0.25) is 0 Å². The number of H-pyrrole nitrogens is 1. The van der Waals surface area contributed by atoms with Gasteiger partial charge < -0.3 is 15.6 Å². The van der Waals surface area contributed by atoms with E-state index < -0.39 is 0 Å². The molecule has 1 atom stereocenters. The number of aromatic amines is 1. The van der Waals surface area contributed by atoms with Crippen LogP contribution < -0.4 is 10.6 Å². The van der Waals surface area contributed by atoms with E-state index in [2.05, 4.69) is 118 Å². The van der Waals surface area contributed by atoms with E-state index in [1.807, 2.05) is 0 Å². The number of thiophene rings is 1. The molecule has 2 heterocycles. The highest BCUT2D eigenvalue weighted by atomic mass is 32.1. The predicted molar refractivity (Wildman–Crippen MR) is 144 cm³/mol. The number of fused-ring (bicyclic) bond motifs is 1. The van der Waals surface area contributed by atoms with Crippen LogP contribution in [0.15, 0.2) is 102 Å². The number of aromatic nitrogens is 1. The smallest absolute Gasteiger partial charge is 0.166 e. The minimum absolute atomic E-state index is 0.124. The fraction of sp³-hybridized carbons (Fsp3) is 0.107. The first-order valence-electron chi connectivity index (χ1n) is 11.0. The first kappa shape index (κ1) is 21.4. The Hall–Kier alpha value is -3.41. The summed E-state index contributed by atoms with van der Waals surface area (Å²) >= 11 is 7.35. The van der Waals surface area contributed by atoms with Crippen LogP contribution in [-0.4, -0.2) is 16.6 Å². The van der Waals surface area contributed by atoms with Crippen molar-refractivity contribution in [2.24, 2.45) is 0 Å². The third kappa shape index (κ3) is 4.85. The van der Waals surface area contributed by atoms with Crippen LogP contribution in [-0.2, 0) is 6.54 Å². The van der Waals surface area contributed by atoms with Gasteiger partial charge in [0.2, 0.25) is 0 Å². The molecule has 3 nitrogen and oxygen atoms in total. The predicted octanol–water partition coefficient (Wildman–Crippen LogP) is 6.69. The lowest BCUT2D eigenvalue weighted by atomic mass is 9.87. The largest absolute Gasteiger partial charge is 0.362 e. The summed E-state index contributed by atoms with van der Waals surface area (Å²) in [5.41, 5.74) is 6.03. The van der Waals surface area contributed by atoms with Gasteiger partial charge in [-0.25, -0.2) is 0 Å². The van der Waals surface area contributed by atoms with Crippen molar-refractivity contribution in [3.8, 4) is 11.3 Å². The maximum Gasteiger partial charge on any atom is 0.166 e. The maximum absolute atomic E-state index is 5.62. The number of hydrogen-bond donors (Lipinski definition) is 3. The number of rotatable bonds is 7. The zero-order valence-electron chi connectivity index (χ0n) is 18.1. The van der Waals surface area contributed by atoms with Gasteiger partial charge in [-0.15, -0.1) is 11.3 Å². The summed E-state index contributed by atoms with van der Waals surface area (Å²) in [6.45, 7) is 1.43. The number of hydrogen-bond acceptors (Lipinski definition) is 2. The first-order valence-corrected chi connectivity index (χ1v) is 12.3. The number of para-hydroxylation sites is 1. The standard InChI is InChI=1S/C28H25N3S2/c32-28(29-18-22-14-9-17-33-22)30-19-24(20-10-3-1-4-11-20)26-23-15-7-8-16-25(23)31-27(26)21-12-5-2-6-13-21/h1-17,24,31H,18-19H2,(H2,29,30,32)/t24-/m1/s1. The van der Waals surface area contributed by atoms with E-state index in [1.165, 1.54) is 27.0 Å². The molecule has 3 aromatic carbocycles. The Morgan fingerprint density at radius 2 is 1.55 bits per heavy atom. The summed E-state index contributed by atoms with van der Waals surface area (Å²) in [6, 6.07) is 33.9. The Labute approximate surface area is 203 Å². The molecule has 0 amide bonds. The van der Waals surface area contributed by atoms with Gasteiger partial charge in [0.05, 0.1) is 12.2 Å². The van der Waals surface area contributed by atoms with Crippen LogP contribution in [0.3, 0.4) is 0 Å². The average molecular weight is 468 g/mol. The van der Waals surface area contributed by atoms with Crippen molar-refractivity contribution in [3.63, 3.8) is 0 Å². The molecule has 0 radical (unpaired) electrons. The molecule has 5 heteroatoms. The molecule has 0 aliphatic heterocycles. The third-order valence-corrected chi connectivity index (χ3v) is 6.99. The van der Waals surface area contributed by atoms with Crippen molar-refractivity contribution >= 4 is 39.6 Å². The average Bonchev–Trinajstić information content (AvgIpc) is 3.53. The Balaban J connectivity index is 1.50. The molecule has 0 bridgehead atoms. The van der Waals surface area contributed by atoms with Gasteiger partial charge in [-0.3, -0.25) is 0 Å². The van der Waals surface area contributed by atoms with Crippen molar-refractivity contribution in [2.45, 2.75) is 12.5 Å². The SMILES string of the molecule is S=C(NCc1cccs1)NC[C@H](c1ccccc1)c1c(-c2ccccc2)[nH]c2ccccc12. The normalized spacial score (nSPS) is 11.9. The minimum atomic E-state index is 0.124. The monoisotopic (exact) mass is 467 g/mol. The molecule has 5 aromatic rings. The van der Waals surface area contributed by atoms with Crippen molar-refractivity contribution in [2.75, 3.05) is 6.54 Å². The topological polar surface area (TPSA) is 39.8 Å². The van der Waals surface area contributed by atoms with Crippen molar-refractivity contribution in [1.29, 1.82) is 0 Å². The molecule has 3 N–H and O–H groups in total. The second-order valence-corrected chi connectivity index (χ2v) is 9.37. The summed E-state index contributed by atoms with van der Waals surface area (Å²) in [7, 11) is 0. The second kappa shape index (κ2) is 10.0. The van der Waals surface area contributed by atoms with Crippen LogP contribution in [0.25, 0.3) is 22.2 Å². The van der Waals surface area contributed by atoms with Gasteiger partial charge in [0.1, 0.15) is 0 Å². The van der Waals surface area contributed by atoms with E-state index in [9.17, 15) is 0 Å². The number of benzene rings is 3. The lowest BCUT2D eigenvalue weighted by molar-refractivity contribution is 0.745. The molecule has 33 heavy (non-hydrogen) atoms. The molecule has 2 aromatic heterocycles. The minimum Gasteiger partial charge on any atom is -0.362 e. The third-order valence-electron chi connectivity index (χ3n) is 5.83. The number of nitrogens with one attached hydrogen (secondary N) is 3. The van der Waals surface area contributed by atoms with Crippen molar-refractivity contribution in [3.05, 3.63) is 118 Å². The first-order chi connectivity index (χ1) is 16.3. The molecule has 0 saturated heterocycles. The van der Waals surface area contributed by atoms with E-state index in [0.29, 0.717) is 11.7 Å². The van der Waals surface area contributed by atoms with Gasteiger partial charge in [0, 0.05) is 28.2 Å². The fourth-order valence-electron chi connectivity index (χ4n) is 4.27. The van der Waals surface area contributed by atoms with Crippen LogP contribution in [0.1, 0.15) is 21.9 Å². The van der Waals surface area contributed by atoms with Crippen LogP contribution in [0, 0.1) is 0 Å². The van der Waals surface area contributed by atoms with Crippen molar-refractivity contribution < 1.29 is 0 Å². The lowest BCUT2D eigenvalue weighted by Gasteiger charge is -2.21. The molecule has 5 rings (SSSR count). The van der Waals surface area contributed by atoms with E-state index in [1.54, 1.807) is 11.3 Å². The molecule has 0 spiro atoms. The van der Waals surface area contributed by atoms with Gasteiger partial charge in [-0.2, -0.15) is 0 Å². The fourth-order valence-corrected chi connectivity index (χ4v) is 5.07. The van der Waals surface area contributed by atoms with Crippen LogP contribution >= 0.6 is 23.6 Å². The summed E-state index contributed by atoms with van der Waals surface area (Å²) in [4.78, 5) is 4.95. The lowest BCUT2D eigenvalue weighted by Crippen LogP contribution is -2.37. The van der Waals surface area contributed by atoms with Crippen LogP contribution in [0.4, 0.5) is 0 Å². The molecule has 0 fully saturated rings. The Morgan fingerprint density at radius 3 is 2.30 bits per heavy atom. The van der Waals surface area contributed by atoms with E-state index in [0.717, 1.165) is 17.8 Å². The highest BCUT2D eigenvalue weighted by molar-refractivity contribution is 7.80. The molecule has 0 aliphatic rings. The Morgan fingerprint density at radius 1 is 0.818 bits per heavy atom. The van der Waals surface area contributed by atoms with E-state index in [-0.39, 0.29) is 5.92 Å². The molecular weight excluding hydrogens is 442 g/mol. The highest BCUT2D eigenvalue weighted by Gasteiger charge is 2.23. The van der Waals surface area contributed by atoms with Gasteiger partial charge in [0.15, 0.2) is 5.11 Å². The summed E-state index contributed by atoms with van der Waals surface area (Å²) in [6.07, 6.45) is 0. The zero-order chi connectivity index (χ0) is 22.5. The van der Waals surface area contributed by atoms with Gasteiger partial charge >= 0.3 is 0 Å². The summed E-state index contributed by atoms with van der Waals surface area (Å²) in [5.74, 6) is 0.124. The molecule has 0 unspecified atom stereocenters.